The van der Waals surface area contributed by atoms with Gasteiger partial charge in [0.15, 0.2) is 13.2 Å². The number of amides is 1. The summed E-state index contributed by atoms with van der Waals surface area (Å²) in [7, 11) is 0. The number of carbonyl (C=O) groups is 2. The maximum atomic E-state index is 11.9. The summed E-state index contributed by atoms with van der Waals surface area (Å²) in [5, 5.41) is 2.70. The summed E-state index contributed by atoms with van der Waals surface area (Å²) in [6, 6.07) is 14.6. The molecule has 0 fully saturated rings. The van der Waals surface area contributed by atoms with E-state index in [4.69, 9.17) is 9.47 Å². The van der Waals surface area contributed by atoms with Crippen molar-refractivity contribution in [3.8, 4) is 5.75 Å². The van der Waals surface area contributed by atoms with Crippen LogP contribution in [0.4, 0.5) is 11.4 Å². The lowest BCUT2D eigenvalue weighted by Gasteiger charge is -2.21. The van der Waals surface area contributed by atoms with Gasteiger partial charge >= 0.3 is 5.97 Å². The van der Waals surface area contributed by atoms with E-state index in [1.54, 1.807) is 24.3 Å². The van der Waals surface area contributed by atoms with Crippen LogP contribution < -0.4 is 15.0 Å². The highest BCUT2D eigenvalue weighted by Crippen LogP contribution is 2.18. The second-order valence-electron chi connectivity index (χ2n) is 5.67. The van der Waals surface area contributed by atoms with Gasteiger partial charge < -0.3 is 19.7 Å². The second kappa shape index (κ2) is 10.6. The Labute approximate surface area is 167 Å². The summed E-state index contributed by atoms with van der Waals surface area (Å²) in [6.45, 7) is 5.40. The predicted molar refractivity (Wildman–Crippen MR) is 109 cm³/mol. The zero-order chi connectivity index (χ0) is 19.6. The molecule has 0 heterocycles. The third-order valence-corrected chi connectivity index (χ3v) is 4.34. The Hall–Kier alpha value is -2.54. The van der Waals surface area contributed by atoms with Crippen molar-refractivity contribution in [2.45, 2.75) is 13.8 Å². The van der Waals surface area contributed by atoms with Crippen molar-refractivity contribution in [1.29, 1.82) is 0 Å². The van der Waals surface area contributed by atoms with Gasteiger partial charge in [-0.15, -0.1) is 0 Å². The van der Waals surface area contributed by atoms with Crippen LogP contribution in [-0.2, 0) is 14.3 Å². The van der Waals surface area contributed by atoms with E-state index < -0.39 is 11.9 Å². The molecule has 27 heavy (non-hydrogen) atoms. The van der Waals surface area contributed by atoms with Crippen LogP contribution in [0, 0.1) is 0 Å². The molecule has 144 valence electrons. The van der Waals surface area contributed by atoms with Crippen LogP contribution >= 0.6 is 15.9 Å². The number of anilines is 2. The maximum Gasteiger partial charge on any atom is 0.344 e. The Kier molecular flexibility index (Phi) is 8.13. The van der Waals surface area contributed by atoms with Gasteiger partial charge in [0.1, 0.15) is 5.75 Å². The van der Waals surface area contributed by atoms with E-state index in [0.29, 0.717) is 11.4 Å². The molecule has 6 nitrogen and oxygen atoms in total. The average Bonchev–Trinajstić information content (AvgIpc) is 2.68. The van der Waals surface area contributed by atoms with Crippen LogP contribution in [0.5, 0.6) is 5.75 Å². The van der Waals surface area contributed by atoms with Crippen LogP contribution in [0.1, 0.15) is 13.8 Å². The van der Waals surface area contributed by atoms with Crippen molar-refractivity contribution in [3.05, 3.63) is 53.0 Å². The van der Waals surface area contributed by atoms with E-state index in [0.717, 1.165) is 23.2 Å². The quantitative estimate of drug-likeness (QED) is 0.606. The first-order valence-electron chi connectivity index (χ1n) is 8.70. The van der Waals surface area contributed by atoms with Crippen molar-refractivity contribution in [2.75, 3.05) is 36.5 Å². The number of hydrogen-bond acceptors (Lipinski definition) is 5. The van der Waals surface area contributed by atoms with Crippen LogP contribution in [-0.4, -0.2) is 38.2 Å². The van der Waals surface area contributed by atoms with Gasteiger partial charge in [-0.25, -0.2) is 4.79 Å². The summed E-state index contributed by atoms with van der Waals surface area (Å²) in [6.07, 6.45) is 0. The number of hydrogen-bond donors (Lipinski definition) is 1. The lowest BCUT2D eigenvalue weighted by molar-refractivity contribution is -0.149. The van der Waals surface area contributed by atoms with E-state index in [-0.39, 0.29) is 13.2 Å². The fraction of sp³-hybridized carbons (Fsp3) is 0.300. The Morgan fingerprint density at radius 1 is 0.963 bits per heavy atom. The molecule has 0 aliphatic rings. The van der Waals surface area contributed by atoms with Gasteiger partial charge in [0, 0.05) is 28.9 Å². The van der Waals surface area contributed by atoms with E-state index in [9.17, 15) is 9.59 Å². The molecule has 0 aliphatic heterocycles. The normalized spacial score (nSPS) is 10.2. The largest absolute Gasteiger partial charge is 0.482 e. The number of nitrogens with zero attached hydrogens (tertiary/aromatic N) is 1. The minimum absolute atomic E-state index is 0.256. The molecule has 7 heteroatoms. The summed E-state index contributed by atoms with van der Waals surface area (Å²) in [4.78, 5) is 25.8. The van der Waals surface area contributed by atoms with Gasteiger partial charge in [-0.3, -0.25) is 4.79 Å². The molecule has 0 spiro atoms. The highest BCUT2D eigenvalue weighted by atomic mass is 79.9. The average molecular weight is 435 g/mol. The molecule has 0 atom stereocenters. The van der Waals surface area contributed by atoms with Crippen LogP contribution in [0.2, 0.25) is 0 Å². The van der Waals surface area contributed by atoms with Crippen molar-refractivity contribution in [3.63, 3.8) is 0 Å². The van der Waals surface area contributed by atoms with Gasteiger partial charge in [0.25, 0.3) is 5.91 Å². The number of rotatable bonds is 9. The fourth-order valence-corrected chi connectivity index (χ4v) is 2.67. The SMILES string of the molecule is CCN(CC)c1ccc(NC(=O)COC(=O)COc2ccc(Br)cc2)cc1. The topological polar surface area (TPSA) is 67.9 Å². The van der Waals surface area contributed by atoms with Crippen molar-refractivity contribution < 1.29 is 19.1 Å². The van der Waals surface area contributed by atoms with Gasteiger partial charge in [-0.1, -0.05) is 15.9 Å². The molecule has 0 saturated heterocycles. The van der Waals surface area contributed by atoms with Crippen molar-refractivity contribution in [2.24, 2.45) is 0 Å². The standard InChI is InChI=1S/C20H23BrN2O4/c1-3-23(4-2)17-9-7-16(8-10-17)22-19(24)13-27-20(25)14-26-18-11-5-15(21)6-12-18/h5-12H,3-4,13-14H2,1-2H3,(H,22,24). The number of nitrogens with one attached hydrogen (secondary N) is 1. The molecule has 2 aromatic rings. The van der Waals surface area contributed by atoms with E-state index in [2.05, 4.69) is 40.0 Å². The third-order valence-electron chi connectivity index (χ3n) is 3.81. The molecular formula is C20H23BrN2O4. The second-order valence-corrected chi connectivity index (χ2v) is 6.59. The monoisotopic (exact) mass is 434 g/mol. The summed E-state index contributed by atoms with van der Waals surface area (Å²) >= 11 is 3.32. The first-order valence-corrected chi connectivity index (χ1v) is 9.50. The van der Waals surface area contributed by atoms with Crippen molar-refractivity contribution in [1.82, 2.24) is 0 Å². The Balaban J connectivity index is 1.73. The first-order chi connectivity index (χ1) is 13.0. The highest BCUT2D eigenvalue weighted by Gasteiger charge is 2.09. The number of ether oxygens (including phenoxy) is 2. The molecule has 0 saturated carbocycles. The van der Waals surface area contributed by atoms with Gasteiger partial charge in [-0.2, -0.15) is 0 Å². The van der Waals surface area contributed by atoms with Crippen LogP contribution in [0.25, 0.3) is 0 Å². The molecule has 2 rings (SSSR count). The van der Waals surface area contributed by atoms with E-state index >= 15 is 0 Å². The Morgan fingerprint density at radius 3 is 2.19 bits per heavy atom. The minimum atomic E-state index is -0.607. The van der Waals surface area contributed by atoms with Gasteiger partial charge in [0.05, 0.1) is 0 Å². The Bertz CT molecular complexity index is 744. The predicted octanol–water partition coefficient (Wildman–Crippen LogP) is 3.86. The van der Waals surface area contributed by atoms with Crippen LogP contribution in [0.15, 0.2) is 53.0 Å². The lowest BCUT2D eigenvalue weighted by Crippen LogP contribution is -2.24. The maximum absolute atomic E-state index is 11.9. The summed E-state index contributed by atoms with van der Waals surface area (Å²) < 4.78 is 11.1. The smallest absolute Gasteiger partial charge is 0.344 e. The number of benzene rings is 2. The first kappa shape index (κ1) is 20.8. The molecule has 1 amide bonds. The Morgan fingerprint density at radius 2 is 1.59 bits per heavy atom. The van der Waals surface area contributed by atoms with E-state index in [1.807, 2.05) is 24.3 Å². The molecule has 1 N–H and O–H groups in total. The third kappa shape index (κ3) is 6.94. The number of carbonyl (C=O) groups excluding carboxylic acids is 2. The van der Waals surface area contributed by atoms with E-state index in [1.165, 1.54) is 0 Å². The van der Waals surface area contributed by atoms with Gasteiger partial charge in [-0.05, 0) is 62.4 Å². The summed E-state index contributed by atoms with van der Waals surface area (Å²) in [5.74, 6) is -0.458. The number of esters is 1. The molecular weight excluding hydrogens is 412 g/mol. The van der Waals surface area contributed by atoms with Crippen LogP contribution in [0.3, 0.4) is 0 Å². The van der Waals surface area contributed by atoms with Crippen molar-refractivity contribution >= 4 is 39.2 Å². The zero-order valence-corrected chi connectivity index (χ0v) is 17.0. The minimum Gasteiger partial charge on any atom is -0.482 e. The summed E-state index contributed by atoms with van der Waals surface area (Å²) in [5.41, 5.74) is 1.74. The zero-order valence-electron chi connectivity index (χ0n) is 15.4. The fourth-order valence-electron chi connectivity index (χ4n) is 2.40. The lowest BCUT2D eigenvalue weighted by atomic mass is 10.2. The molecule has 0 radical (unpaired) electrons. The molecule has 0 aromatic heterocycles. The number of halogens is 1. The molecule has 2 aromatic carbocycles. The molecule has 0 bridgehead atoms. The highest BCUT2D eigenvalue weighted by molar-refractivity contribution is 9.10. The molecule has 0 aliphatic carbocycles. The van der Waals surface area contributed by atoms with Gasteiger partial charge in [0.2, 0.25) is 0 Å². The molecule has 0 unspecified atom stereocenters.